The normalized spacial score (nSPS) is 10.2. The van der Waals surface area contributed by atoms with Gasteiger partial charge >= 0.3 is 5.97 Å². The van der Waals surface area contributed by atoms with Crippen LogP contribution in [0.25, 0.3) is 11.3 Å². The SMILES string of the molecule is COC(=O)c1ccc(-c2cc(Cl)ncn2)cc1F. The monoisotopic (exact) mass is 266 g/mol. The zero-order chi connectivity index (χ0) is 13.1. The molecule has 4 nitrogen and oxygen atoms in total. The standard InChI is InChI=1S/C12H8ClFN2O2/c1-18-12(17)8-3-2-7(4-9(8)14)10-5-11(13)16-6-15-10/h2-6H,1H3. The summed E-state index contributed by atoms with van der Waals surface area (Å²) in [6.45, 7) is 0. The number of benzene rings is 1. The Morgan fingerprint density at radius 3 is 2.72 bits per heavy atom. The Kier molecular flexibility index (Phi) is 3.53. The molecule has 0 fully saturated rings. The van der Waals surface area contributed by atoms with Crippen molar-refractivity contribution in [3.63, 3.8) is 0 Å². The van der Waals surface area contributed by atoms with Gasteiger partial charge in [-0.1, -0.05) is 17.7 Å². The molecule has 0 radical (unpaired) electrons. The van der Waals surface area contributed by atoms with Gasteiger partial charge in [-0.25, -0.2) is 19.2 Å². The molecule has 0 saturated heterocycles. The second-order valence-electron chi connectivity index (χ2n) is 3.41. The lowest BCUT2D eigenvalue weighted by molar-refractivity contribution is 0.0595. The molecule has 1 aromatic carbocycles. The van der Waals surface area contributed by atoms with E-state index in [1.54, 1.807) is 6.07 Å². The minimum Gasteiger partial charge on any atom is -0.465 e. The summed E-state index contributed by atoms with van der Waals surface area (Å²) in [5.74, 6) is -1.39. The van der Waals surface area contributed by atoms with E-state index < -0.39 is 11.8 Å². The van der Waals surface area contributed by atoms with Crippen LogP contribution >= 0.6 is 11.6 Å². The lowest BCUT2D eigenvalue weighted by atomic mass is 10.1. The molecule has 0 unspecified atom stereocenters. The van der Waals surface area contributed by atoms with Gasteiger partial charge in [-0.3, -0.25) is 0 Å². The number of ether oxygens (including phenoxy) is 1. The third-order valence-corrected chi connectivity index (χ3v) is 2.51. The molecule has 1 heterocycles. The molecular formula is C12H8ClFN2O2. The largest absolute Gasteiger partial charge is 0.465 e. The number of hydrogen-bond acceptors (Lipinski definition) is 4. The molecule has 2 aromatic rings. The molecule has 2 rings (SSSR count). The fourth-order valence-corrected chi connectivity index (χ4v) is 1.59. The third kappa shape index (κ3) is 2.46. The van der Waals surface area contributed by atoms with Gasteiger partial charge in [0.05, 0.1) is 18.4 Å². The van der Waals surface area contributed by atoms with Gasteiger partial charge in [-0.05, 0) is 12.1 Å². The van der Waals surface area contributed by atoms with Gasteiger partial charge in [-0.15, -0.1) is 0 Å². The first-order valence-corrected chi connectivity index (χ1v) is 5.35. The second-order valence-corrected chi connectivity index (χ2v) is 3.80. The van der Waals surface area contributed by atoms with E-state index >= 15 is 0 Å². The Balaban J connectivity index is 2.43. The highest BCUT2D eigenvalue weighted by Crippen LogP contribution is 2.21. The van der Waals surface area contributed by atoms with Crippen LogP contribution < -0.4 is 0 Å². The van der Waals surface area contributed by atoms with Crippen molar-refractivity contribution in [2.75, 3.05) is 7.11 Å². The van der Waals surface area contributed by atoms with E-state index in [-0.39, 0.29) is 10.7 Å². The average Bonchev–Trinajstić information content (AvgIpc) is 2.37. The zero-order valence-electron chi connectivity index (χ0n) is 9.35. The quantitative estimate of drug-likeness (QED) is 0.619. The van der Waals surface area contributed by atoms with Crippen LogP contribution in [0.2, 0.25) is 5.15 Å². The number of halogens is 2. The highest BCUT2D eigenvalue weighted by molar-refractivity contribution is 6.29. The van der Waals surface area contributed by atoms with E-state index in [9.17, 15) is 9.18 Å². The number of rotatable bonds is 2. The van der Waals surface area contributed by atoms with E-state index in [1.165, 1.54) is 31.6 Å². The molecule has 18 heavy (non-hydrogen) atoms. The maximum absolute atomic E-state index is 13.7. The van der Waals surface area contributed by atoms with Crippen LogP contribution in [0.3, 0.4) is 0 Å². The first-order valence-electron chi connectivity index (χ1n) is 4.97. The molecule has 92 valence electrons. The molecule has 0 aliphatic rings. The molecule has 6 heteroatoms. The molecule has 0 saturated carbocycles. The van der Waals surface area contributed by atoms with Crippen molar-refractivity contribution in [3.05, 3.63) is 47.1 Å². The Morgan fingerprint density at radius 1 is 1.33 bits per heavy atom. The summed E-state index contributed by atoms with van der Waals surface area (Å²) in [5.41, 5.74) is 0.858. The van der Waals surface area contributed by atoms with Crippen molar-refractivity contribution >= 4 is 17.6 Å². The van der Waals surface area contributed by atoms with Crippen LogP contribution in [0.1, 0.15) is 10.4 Å². The average molecular weight is 267 g/mol. The van der Waals surface area contributed by atoms with Crippen molar-refractivity contribution < 1.29 is 13.9 Å². The highest BCUT2D eigenvalue weighted by Gasteiger charge is 2.13. The van der Waals surface area contributed by atoms with E-state index in [0.717, 1.165) is 0 Å². The predicted octanol–water partition coefficient (Wildman–Crippen LogP) is 2.72. The fraction of sp³-hybridized carbons (Fsp3) is 0.0833. The van der Waals surface area contributed by atoms with Gasteiger partial charge in [0.2, 0.25) is 0 Å². The molecule has 1 aromatic heterocycles. The van der Waals surface area contributed by atoms with Crippen LogP contribution in [-0.4, -0.2) is 23.0 Å². The number of methoxy groups -OCH3 is 1. The van der Waals surface area contributed by atoms with E-state index in [4.69, 9.17) is 11.6 Å². The molecule has 0 N–H and O–H groups in total. The minimum absolute atomic E-state index is 0.124. The summed E-state index contributed by atoms with van der Waals surface area (Å²) < 4.78 is 18.2. The maximum atomic E-state index is 13.7. The van der Waals surface area contributed by atoms with Crippen LogP contribution in [-0.2, 0) is 4.74 Å². The van der Waals surface area contributed by atoms with Crippen LogP contribution in [0.5, 0.6) is 0 Å². The smallest absolute Gasteiger partial charge is 0.340 e. The van der Waals surface area contributed by atoms with Gasteiger partial charge in [0.1, 0.15) is 17.3 Å². The molecule has 0 aliphatic carbocycles. The van der Waals surface area contributed by atoms with Gasteiger partial charge in [0, 0.05) is 11.6 Å². The van der Waals surface area contributed by atoms with E-state index in [0.29, 0.717) is 11.3 Å². The summed E-state index contributed by atoms with van der Waals surface area (Å²) in [5, 5.41) is 0.262. The van der Waals surface area contributed by atoms with Crippen molar-refractivity contribution in [1.82, 2.24) is 9.97 Å². The Hall–Kier alpha value is -2.01. The topological polar surface area (TPSA) is 52.1 Å². The number of hydrogen-bond donors (Lipinski definition) is 0. The third-order valence-electron chi connectivity index (χ3n) is 2.30. The van der Waals surface area contributed by atoms with E-state index in [1.807, 2.05) is 0 Å². The second kappa shape index (κ2) is 5.10. The number of aromatic nitrogens is 2. The van der Waals surface area contributed by atoms with Gasteiger partial charge in [0.15, 0.2) is 0 Å². The highest BCUT2D eigenvalue weighted by atomic mass is 35.5. The Morgan fingerprint density at radius 2 is 2.11 bits per heavy atom. The van der Waals surface area contributed by atoms with E-state index in [2.05, 4.69) is 14.7 Å². The molecule has 0 amide bonds. The summed E-state index contributed by atoms with van der Waals surface area (Å²) >= 11 is 5.72. The zero-order valence-corrected chi connectivity index (χ0v) is 10.1. The minimum atomic E-state index is -0.722. The molecule has 0 bridgehead atoms. The Bertz CT molecular complexity index is 604. The maximum Gasteiger partial charge on any atom is 0.340 e. The van der Waals surface area contributed by atoms with Crippen molar-refractivity contribution in [2.45, 2.75) is 0 Å². The Labute approximate surface area is 107 Å². The summed E-state index contributed by atoms with van der Waals surface area (Å²) in [4.78, 5) is 18.9. The molecule has 0 atom stereocenters. The summed E-state index contributed by atoms with van der Waals surface area (Å²) in [6.07, 6.45) is 1.28. The molecule has 0 aliphatic heterocycles. The summed E-state index contributed by atoms with van der Waals surface area (Å²) in [7, 11) is 1.19. The van der Waals surface area contributed by atoms with Crippen molar-refractivity contribution in [3.8, 4) is 11.3 Å². The van der Waals surface area contributed by atoms with Crippen LogP contribution in [0.4, 0.5) is 4.39 Å². The predicted molar refractivity (Wildman–Crippen MR) is 63.8 cm³/mol. The number of esters is 1. The van der Waals surface area contributed by atoms with Crippen LogP contribution in [0, 0.1) is 5.82 Å². The van der Waals surface area contributed by atoms with Crippen LogP contribution in [0.15, 0.2) is 30.6 Å². The number of carbonyl (C=O) groups is 1. The lowest BCUT2D eigenvalue weighted by Crippen LogP contribution is -2.04. The molecular weight excluding hydrogens is 259 g/mol. The van der Waals surface area contributed by atoms with Gasteiger partial charge < -0.3 is 4.74 Å². The lowest BCUT2D eigenvalue weighted by Gasteiger charge is -2.04. The number of carbonyl (C=O) groups excluding carboxylic acids is 1. The van der Waals surface area contributed by atoms with Crippen molar-refractivity contribution in [1.29, 1.82) is 0 Å². The number of nitrogens with zero attached hydrogens (tertiary/aromatic N) is 2. The summed E-state index contributed by atoms with van der Waals surface area (Å²) in [6, 6.07) is 5.61. The van der Waals surface area contributed by atoms with Gasteiger partial charge in [-0.2, -0.15) is 0 Å². The molecule has 0 spiro atoms. The van der Waals surface area contributed by atoms with Gasteiger partial charge in [0.25, 0.3) is 0 Å². The van der Waals surface area contributed by atoms with Crippen molar-refractivity contribution in [2.24, 2.45) is 0 Å². The first kappa shape index (κ1) is 12.4. The first-order chi connectivity index (χ1) is 8.61. The fourth-order valence-electron chi connectivity index (χ4n) is 1.44.